The zero-order valence-electron chi connectivity index (χ0n) is 19.5. The van der Waals surface area contributed by atoms with Crippen LogP contribution in [0, 0.1) is 5.92 Å². The summed E-state index contributed by atoms with van der Waals surface area (Å²) in [6.45, 7) is 6.28. The van der Waals surface area contributed by atoms with Crippen molar-refractivity contribution in [2.75, 3.05) is 13.1 Å². The summed E-state index contributed by atoms with van der Waals surface area (Å²) in [5.41, 5.74) is 3.16. The van der Waals surface area contributed by atoms with Gasteiger partial charge in [0, 0.05) is 23.4 Å². The van der Waals surface area contributed by atoms with Crippen LogP contribution >= 0.6 is 0 Å². The monoisotopic (exact) mass is 447 g/mol. The summed E-state index contributed by atoms with van der Waals surface area (Å²) in [6.07, 6.45) is 3.12. The summed E-state index contributed by atoms with van der Waals surface area (Å²) >= 11 is 0. The number of benzene rings is 2. The average Bonchev–Trinajstić information content (AvgIpc) is 3.19. The third-order valence-electron chi connectivity index (χ3n) is 8.62. The minimum atomic E-state index is -0.743. The number of ketones is 1. The molecule has 174 valence electrons. The minimum Gasteiger partial charge on any atom is -0.484 e. The number of Topliss-reactive ketones (excluding diaryl/α,β-unsaturated/α-hetero) is 1. The molecule has 6 atom stereocenters. The highest BCUT2D eigenvalue weighted by Gasteiger charge is 2.65. The van der Waals surface area contributed by atoms with E-state index >= 15 is 0 Å². The summed E-state index contributed by atoms with van der Waals surface area (Å²) in [4.78, 5) is 15.8. The van der Waals surface area contributed by atoms with E-state index in [2.05, 4.69) is 17.9 Å². The second-order valence-corrected chi connectivity index (χ2v) is 10.3. The molecule has 3 unspecified atom stereocenters. The largest absolute Gasteiger partial charge is 0.484 e. The van der Waals surface area contributed by atoms with Crippen molar-refractivity contribution in [2.24, 2.45) is 5.92 Å². The van der Waals surface area contributed by atoms with E-state index < -0.39 is 18.3 Å². The molecule has 5 heteroatoms. The summed E-state index contributed by atoms with van der Waals surface area (Å²) in [5, 5.41) is 10.9. The van der Waals surface area contributed by atoms with Crippen LogP contribution in [0.5, 0.6) is 11.5 Å². The first-order valence-electron chi connectivity index (χ1n) is 12.5. The number of rotatable bonds is 6. The van der Waals surface area contributed by atoms with E-state index in [0.717, 1.165) is 50.1 Å². The van der Waals surface area contributed by atoms with Crippen molar-refractivity contribution in [3.63, 3.8) is 0 Å². The fourth-order valence-corrected chi connectivity index (χ4v) is 7.24. The van der Waals surface area contributed by atoms with Gasteiger partial charge in [-0.05, 0) is 68.8 Å². The highest BCUT2D eigenvalue weighted by Crippen LogP contribution is 2.63. The Kier molecular flexibility index (Phi) is 5.04. The lowest BCUT2D eigenvalue weighted by atomic mass is 9.51. The number of aliphatic hydroxyl groups excluding tert-OH is 1. The molecule has 6 rings (SSSR count). The second-order valence-electron chi connectivity index (χ2n) is 10.3. The molecule has 33 heavy (non-hydrogen) atoms. The number of carbonyl (C=O) groups is 1. The van der Waals surface area contributed by atoms with Crippen LogP contribution in [0.3, 0.4) is 0 Å². The topological polar surface area (TPSA) is 59.0 Å². The molecule has 2 aliphatic carbocycles. The fourth-order valence-electron chi connectivity index (χ4n) is 7.24. The minimum absolute atomic E-state index is 0.214. The van der Waals surface area contributed by atoms with Gasteiger partial charge < -0.3 is 14.6 Å². The van der Waals surface area contributed by atoms with Gasteiger partial charge in [0.15, 0.2) is 23.4 Å². The van der Waals surface area contributed by atoms with Gasteiger partial charge in [-0.15, -0.1) is 0 Å². The second kappa shape index (κ2) is 7.85. The lowest BCUT2D eigenvalue weighted by molar-refractivity contribution is -0.138. The molecule has 1 saturated carbocycles. The molecule has 1 spiro atoms. The first-order chi connectivity index (χ1) is 16.0. The van der Waals surface area contributed by atoms with Gasteiger partial charge in [-0.3, -0.25) is 9.69 Å². The summed E-state index contributed by atoms with van der Waals surface area (Å²) in [7, 11) is 0. The van der Waals surface area contributed by atoms with Crippen molar-refractivity contribution in [3.8, 4) is 11.5 Å². The van der Waals surface area contributed by atoms with Gasteiger partial charge in [0.2, 0.25) is 0 Å². The zero-order chi connectivity index (χ0) is 22.7. The Balaban J connectivity index is 1.39. The molecule has 2 aromatic carbocycles. The molecule has 1 N–H and O–H groups in total. The van der Waals surface area contributed by atoms with Crippen molar-refractivity contribution in [2.45, 2.75) is 75.7 Å². The SMILES string of the molecule is CCCN1CC[C@]23c4c5ccc(OC(C)C(O)c6ccccc6)c4OC2C(=O)CC[C@H]3[C@H]1C5. The first-order valence-corrected chi connectivity index (χ1v) is 12.5. The van der Waals surface area contributed by atoms with Gasteiger partial charge >= 0.3 is 0 Å². The highest BCUT2D eigenvalue weighted by atomic mass is 16.5. The van der Waals surface area contributed by atoms with Gasteiger partial charge in [-0.2, -0.15) is 0 Å². The van der Waals surface area contributed by atoms with Crippen LogP contribution in [0.1, 0.15) is 62.3 Å². The van der Waals surface area contributed by atoms with Gasteiger partial charge in [0.25, 0.3) is 0 Å². The van der Waals surface area contributed by atoms with Crippen molar-refractivity contribution in [1.29, 1.82) is 0 Å². The molecule has 5 nitrogen and oxygen atoms in total. The van der Waals surface area contributed by atoms with Crippen molar-refractivity contribution < 1.29 is 19.4 Å². The standard InChI is InChI=1S/C28H33NO4/c1-3-14-29-15-13-28-20-10-11-22(30)27(28)33-26-23(12-9-19(24(26)28)16-21(20)29)32-17(2)25(31)18-7-5-4-6-8-18/h4-9,12,17,20-21,25,27,31H,3,10-11,13-16H2,1-2H3/t17?,20-,21+,25?,27?,28-/m0/s1. The predicted octanol–water partition coefficient (Wildman–Crippen LogP) is 4.21. The van der Waals surface area contributed by atoms with E-state index in [9.17, 15) is 9.90 Å². The molecular weight excluding hydrogens is 414 g/mol. The lowest BCUT2D eigenvalue weighted by Gasteiger charge is -2.57. The molecule has 0 amide bonds. The van der Waals surface area contributed by atoms with Gasteiger partial charge in [0.1, 0.15) is 12.2 Å². The fraction of sp³-hybridized carbons (Fsp3) is 0.536. The van der Waals surface area contributed by atoms with Gasteiger partial charge in [-0.25, -0.2) is 0 Å². The van der Waals surface area contributed by atoms with Gasteiger partial charge in [-0.1, -0.05) is 43.3 Å². The summed E-state index contributed by atoms with van der Waals surface area (Å²) in [5.74, 6) is 2.10. The smallest absolute Gasteiger partial charge is 0.174 e. The normalized spacial score (nSPS) is 31.5. The molecule has 1 saturated heterocycles. The molecule has 2 aromatic rings. The van der Waals surface area contributed by atoms with Crippen molar-refractivity contribution >= 4 is 5.78 Å². The molecule has 2 bridgehead atoms. The number of likely N-dealkylation sites (tertiary alicyclic amines) is 1. The van der Waals surface area contributed by atoms with Crippen LogP contribution in [0.25, 0.3) is 0 Å². The average molecular weight is 448 g/mol. The first kappa shape index (κ1) is 21.2. The zero-order valence-corrected chi connectivity index (χ0v) is 19.5. The number of hydrogen-bond donors (Lipinski definition) is 1. The van der Waals surface area contributed by atoms with Crippen LogP contribution in [0.2, 0.25) is 0 Å². The molecular formula is C28H33NO4. The van der Waals surface area contributed by atoms with Crippen LogP contribution in [0.4, 0.5) is 0 Å². The van der Waals surface area contributed by atoms with Crippen LogP contribution in [-0.4, -0.2) is 47.1 Å². The van der Waals surface area contributed by atoms with Crippen molar-refractivity contribution in [3.05, 3.63) is 59.2 Å². The van der Waals surface area contributed by atoms with E-state index in [1.54, 1.807) is 0 Å². The summed E-state index contributed by atoms with van der Waals surface area (Å²) in [6, 6.07) is 14.3. The molecule has 0 aromatic heterocycles. The Morgan fingerprint density at radius 2 is 2.06 bits per heavy atom. The van der Waals surface area contributed by atoms with Crippen LogP contribution in [0.15, 0.2) is 42.5 Å². The maximum absolute atomic E-state index is 13.1. The Bertz CT molecular complexity index is 1070. The molecule has 2 heterocycles. The predicted molar refractivity (Wildman–Crippen MR) is 126 cm³/mol. The maximum atomic E-state index is 13.1. The Hall–Kier alpha value is -2.37. The molecule has 4 aliphatic rings. The van der Waals surface area contributed by atoms with E-state index in [1.807, 2.05) is 43.3 Å². The van der Waals surface area contributed by atoms with E-state index in [0.29, 0.717) is 24.1 Å². The van der Waals surface area contributed by atoms with E-state index in [-0.39, 0.29) is 11.2 Å². The van der Waals surface area contributed by atoms with Crippen LogP contribution in [-0.2, 0) is 16.6 Å². The molecule has 0 radical (unpaired) electrons. The molecule has 2 aliphatic heterocycles. The Morgan fingerprint density at radius 3 is 2.85 bits per heavy atom. The number of nitrogens with zero attached hydrogens (tertiary/aromatic N) is 1. The number of aliphatic hydroxyl groups is 1. The highest BCUT2D eigenvalue weighted by molar-refractivity contribution is 5.89. The maximum Gasteiger partial charge on any atom is 0.174 e. The quantitative estimate of drug-likeness (QED) is 0.719. The Morgan fingerprint density at radius 1 is 1.24 bits per heavy atom. The number of piperidine rings is 1. The van der Waals surface area contributed by atoms with Gasteiger partial charge in [0.05, 0.1) is 0 Å². The Labute approximate surface area is 195 Å². The number of carbonyl (C=O) groups excluding carboxylic acids is 1. The number of ether oxygens (including phenoxy) is 2. The lowest BCUT2D eigenvalue weighted by Crippen LogP contribution is -2.66. The third-order valence-corrected chi connectivity index (χ3v) is 8.62. The van der Waals surface area contributed by atoms with Crippen molar-refractivity contribution in [1.82, 2.24) is 4.90 Å². The summed E-state index contributed by atoms with van der Waals surface area (Å²) < 4.78 is 12.9. The van der Waals surface area contributed by atoms with Crippen LogP contribution < -0.4 is 9.47 Å². The van der Waals surface area contributed by atoms with E-state index in [4.69, 9.17) is 9.47 Å². The number of hydrogen-bond acceptors (Lipinski definition) is 5. The third kappa shape index (κ3) is 3.01. The van der Waals surface area contributed by atoms with E-state index in [1.165, 1.54) is 11.1 Å². The molecule has 2 fully saturated rings.